The molecule has 1 aromatic heterocycles. The maximum Gasteiger partial charge on any atom is 0.416 e. The van der Waals surface area contributed by atoms with Gasteiger partial charge in [-0.3, -0.25) is 10.1 Å². The van der Waals surface area contributed by atoms with Gasteiger partial charge in [-0.1, -0.05) is 30.3 Å². The molecule has 0 aliphatic heterocycles. The number of amides is 1. The van der Waals surface area contributed by atoms with E-state index in [1.54, 1.807) is 18.3 Å². The molecule has 0 aliphatic carbocycles. The smallest absolute Gasteiger partial charge is 0.298 e. The summed E-state index contributed by atoms with van der Waals surface area (Å²) in [4.78, 5) is 17.3. The molecule has 0 aliphatic rings. The Morgan fingerprint density at radius 1 is 1.12 bits per heavy atom. The van der Waals surface area contributed by atoms with E-state index in [4.69, 9.17) is 0 Å². The molecule has 0 spiro atoms. The molecule has 26 heavy (non-hydrogen) atoms. The van der Waals surface area contributed by atoms with Crippen molar-refractivity contribution in [3.8, 4) is 0 Å². The SMILES string of the molecule is Cc1ccccc1C(=O)Nc1ncc(Cc2ccc(C(F)(F)F)cc2)s1. The highest BCUT2D eigenvalue weighted by atomic mass is 32.1. The van der Waals surface area contributed by atoms with Crippen molar-refractivity contribution in [2.45, 2.75) is 19.5 Å². The predicted molar refractivity (Wildman–Crippen MR) is 95.5 cm³/mol. The summed E-state index contributed by atoms with van der Waals surface area (Å²) in [5.74, 6) is -0.237. The Morgan fingerprint density at radius 3 is 2.46 bits per heavy atom. The van der Waals surface area contributed by atoms with E-state index in [0.717, 1.165) is 28.1 Å². The third-order valence-electron chi connectivity index (χ3n) is 3.82. The van der Waals surface area contributed by atoms with Gasteiger partial charge in [0.1, 0.15) is 0 Å². The average Bonchev–Trinajstić information content (AvgIpc) is 3.01. The van der Waals surface area contributed by atoms with E-state index in [-0.39, 0.29) is 5.91 Å². The number of anilines is 1. The largest absolute Gasteiger partial charge is 0.416 e. The van der Waals surface area contributed by atoms with Gasteiger partial charge in [-0.15, -0.1) is 11.3 Å². The van der Waals surface area contributed by atoms with Gasteiger partial charge in [0, 0.05) is 23.1 Å². The van der Waals surface area contributed by atoms with Gasteiger partial charge in [0.2, 0.25) is 0 Å². The molecule has 134 valence electrons. The van der Waals surface area contributed by atoms with E-state index in [1.165, 1.54) is 23.5 Å². The monoisotopic (exact) mass is 376 g/mol. The van der Waals surface area contributed by atoms with E-state index in [9.17, 15) is 18.0 Å². The fraction of sp³-hybridized carbons (Fsp3) is 0.158. The Labute approximate surface area is 152 Å². The molecular weight excluding hydrogens is 361 g/mol. The number of hydrogen-bond acceptors (Lipinski definition) is 3. The molecule has 3 aromatic rings. The summed E-state index contributed by atoms with van der Waals surface area (Å²) < 4.78 is 37.8. The van der Waals surface area contributed by atoms with Crippen LogP contribution < -0.4 is 5.32 Å². The average molecular weight is 376 g/mol. The van der Waals surface area contributed by atoms with Crippen LogP contribution in [0.5, 0.6) is 0 Å². The summed E-state index contributed by atoms with van der Waals surface area (Å²) in [7, 11) is 0. The van der Waals surface area contributed by atoms with Crippen LogP contribution in [0.2, 0.25) is 0 Å². The molecule has 2 aromatic carbocycles. The van der Waals surface area contributed by atoms with Crippen LogP contribution in [0.1, 0.15) is 31.9 Å². The Kier molecular flexibility index (Phi) is 5.08. The van der Waals surface area contributed by atoms with Gasteiger partial charge in [0.15, 0.2) is 5.13 Å². The zero-order valence-corrected chi connectivity index (χ0v) is 14.6. The van der Waals surface area contributed by atoms with Crippen LogP contribution in [-0.4, -0.2) is 10.9 Å². The lowest BCUT2D eigenvalue weighted by Crippen LogP contribution is -2.12. The Balaban J connectivity index is 1.67. The van der Waals surface area contributed by atoms with Gasteiger partial charge in [0.25, 0.3) is 5.91 Å². The number of nitrogens with zero attached hydrogens (tertiary/aromatic N) is 1. The fourth-order valence-corrected chi connectivity index (χ4v) is 3.29. The number of halogens is 3. The van der Waals surface area contributed by atoms with Gasteiger partial charge in [-0.05, 0) is 36.2 Å². The second kappa shape index (κ2) is 7.29. The number of rotatable bonds is 4. The molecule has 0 bridgehead atoms. The van der Waals surface area contributed by atoms with Crippen LogP contribution in [0.3, 0.4) is 0 Å². The molecule has 1 N–H and O–H groups in total. The quantitative estimate of drug-likeness (QED) is 0.670. The summed E-state index contributed by atoms with van der Waals surface area (Å²) in [5.41, 5.74) is 1.52. The summed E-state index contributed by atoms with van der Waals surface area (Å²) >= 11 is 1.30. The van der Waals surface area contributed by atoms with E-state index in [1.807, 2.05) is 19.1 Å². The topological polar surface area (TPSA) is 42.0 Å². The standard InChI is InChI=1S/C19H15F3N2OS/c1-12-4-2-3-5-16(12)17(25)24-18-23-11-15(26-18)10-13-6-8-14(9-7-13)19(20,21)22/h2-9,11H,10H2,1H3,(H,23,24,25). The summed E-state index contributed by atoms with van der Waals surface area (Å²) in [6, 6.07) is 12.3. The maximum absolute atomic E-state index is 12.6. The van der Waals surface area contributed by atoms with Crippen LogP contribution in [0.4, 0.5) is 18.3 Å². The number of thiazole rings is 1. The van der Waals surface area contributed by atoms with Crippen molar-refractivity contribution in [2.24, 2.45) is 0 Å². The zero-order valence-electron chi connectivity index (χ0n) is 13.8. The van der Waals surface area contributed by atoms with Crippen LogP contribution in [0.15, 0.2) is 54.7 Å². The molecule has 0 saturated carbocycles. The third-order valence-corrected chi connectivity index (χ3v) is 4.74. The highest BCUT2D eigenvalue weighted by Gasteiger charge is 2.29. The van der Waals surface area contributed by atoms with Crippen molar-refractivity contribution < 1.29 is 18.0 Å². The van der Waals surface area contributed by atoms with Gasteiger partial charge in [-0.25, -0.2) is 4.98 Å². The first-order chi connectivity index (χ1) is 12.3. The molecule has 0 saturated heterocycles. The molecule has 1 heterocycles. The van der Waals surface area contributed by atoms with Gasteiger partial charge < -0.3 is 0 Å². The number of alkyl halides is 3. The lowest BCUT2D eigenvalue weighted by atomic mass is 10.1. The number of nitrogens with one attached hydrogen (secondary N) is 1. The van der Waals surface area contributed by atoms with Crippen molar-refractivity contribution >= 4 is 22.4 Å². The van der Waals surface area contributed by atoms with E-state index in [2.05, 4.69) is 10.3 Å². The van der Waals surface area contributed by atoms with Crippen molar-refractivity contribution in [1.29, 1.82) is 0 Å². The Hall–Kier alpha value is -2.67. The summed E-state index contributed by atoms with van der Waals surface area (Å²) in [5, 5.41) is 3.21. The molecule has 7 heteroatoms. The second-order valence-corrected chi connectivity index (χ2v) is 6.89. The second-order valence-electron chi connectivity index (χ2n) is 5.77. The van der Waals surface area contributed by atoms with Gasteiger partial charge in [0.05, 0.1) is 5.56 Å². The zero-order chi connectivity index (χ0) is 18.7. The number of hydrogen-bond donors (Lipinski definition) is 1. The van der Waals surface area contributed by atoms with Crippen molar-refractivity contribution in [2.75, 3.05) is 5.32 Å². The predicted octanol–water partition coefficient (Wildman–Crippen LogP) is 5.31. The van der Waals surface area contributed by atoms with Crippen molar-refractivity contribution in [3.63, 3.8) is 0 Å². The molecule has 0 fully saturated rings. The number of carbonyl (C=O) groups is 1. The molecule has 1 amide bonds. The molecule has 0 radical (unpaired) electrons. The van der Waals surface area contributed by atoms with E-state index in [0.29, 0.717) is 17.1 Å². The molecule has 3 nitrogen and oxygen atoms in total. The van der Waals surface area contributed by atoms with Crippen LogP contribution >= 0.6 is 11.3 Å². The molecule has 3 rings (SSSR count). The molecule has 0 atom stereocenters. The molecule has 0 unspecified atom stereocenters. The fourth-order valence-electron chi connectivity index (χ4n) is 2.45. The first kappa shape index (κ1) is 18.1. The van der Waals surface area contributed by atoms with E-state index >= 15 is 0 Å². The van der Waals surface area contributed by atoms with Crippen molar-refractivity contribution in [1.82, 2.24) is 4.98 Å². The number of aryl methyl sites for hydroxylation is 1. The minimum absolute atomic E-state index is 0.237. The number of aromatic nitrogens is 1. The number of carbonyl (C=O) groups excluding carboxylic acids is 1. The lowest BCUT2D eigenvalue weighted by molar-refractivity contribution is -0.137. The summed E-state index contributed by atoms with van der Waals surface area (Å²) in [6.45, 7) is 1.85. The lowest BCUT2D eigenvalue weighted by Gasteiger charge is -2.07. The van der Waals surface area contributed by atoms with Crippen LogP contribution in [0, 0.1) is 6.92 Å². The van der Waals surface area contributed by atoms with Crippen LogP contribution in [-0.2, 0) is 12.6 Å². The Bertz CT molecular complexity index is 917. The van der Waals surface area contributed by atoms with Crippen LogP contribution in [0.25, 0.3) is 0 Å². The summed E-state index contributed by atoms with van der Waals surface area (Å²) in [6.07, 6.45) is -2.26. The van der Waals surface area contributed by atoms with Gasteiger partial charge >= 0.3 is 6.18 Å². The van der Waals surface area contributed by atoms with Crippen molar-refractivity contribution in [3.05, 3.63) is 81.9 Å². The Morgan fingerprint density at radius 2 is 1.81 bits per heavy atom. The van der Waals surface area contributed by atoms with E-state index < -0.39 is 11.7 Å². The number of benzene rings is 2. The first-order valence-corrected chi connectivity index (χ1v) is 8.62. The highest BCUT2D eigenvalue weighted by molar-refractivity contribution is 7.15. The maximum atomic E-state index is 12.6. The highest BCUT2D eigenvalue weighted by Crippen LogP contribution is 2.30. The third kappa shape index (κ3) is 4.29. The minimum atomic E-state index is -4.34. The normalized spacial score (nSPS) is 11.4. The first-order valence-electron chi connectivity index (χ1n) is 7.81. The van der Waals surface area contributed by atoms with Gasteiger partial charge in [-0.2, -0.15) is 13.2 Å². The minimum Gasteiger partial charge on any atom is -0.298 e. The molecular formula is C19H15F3N2OS.